The molecule has 2 rings (SSSR count). The molecule has 0 aliphatic heterocycles. The van der Waals surface area contributed by atoms with Gasteiger partial charge in [0.2, 0.25) is 10.0 Å². The molecule has 0 spiro atoms. The summed E-state index contributed by atoms with van der Waals surface area (Å²) in [7, 11) is -3.35. The SMILES string of the molecule is O=S(=O)(Cc1ccc(CO)cc1)NCCCn1ccnn1. The van der Waals surface area contributed by atoms with Crippen LogP contribution in [0, 0.1) is 0 Å². The first-order valence-electron chi connectivity index (χ1n) is 6.59. The first-order chi connectivity index (χ1) is 10.1. The van der Waals surface area contributed by atoms with Gasteiger partial charge in [-0.3, -0.25) is 4.68 Å². The summed E-state index contributed by atoms with van der Waals surface area (Å²) in [6.07, 6.45) is 3.96. The molecule has 0 saturated heterocycles. The maximum atomic E-state index is 11.9. The number of sulfonamides is 1. The highest BCUT2D eigenvalue weighted by Crippen LogP contribution is 2.07. The van der Waals surface area contributed by atoms with Gasteiger partial charge in [0.1, 0.15) is 0 Å². The van der Waals surface area contributed by atoms with E-state index in [9.17, 15) is 8.42 Å². The van der Waals surface area contributed by atoms with E-state index >= 15 is 0 Å². The Labute approximate surface area is 123 Å². The first kappa shape index (κ1) is 15.6. The van der Waals surface area contributed by atoms with E-state index in [4.69, 9.17) is 5.11 Å². The molecule has 0 bridgehead atoms. The normalized spacial score (nSPS) is 11.7. The number of rotatable bonds is 8. The lowest BCUT2D eigenvalue weighted by Crippen LogP contribution is -2.27. The molecular weight excluding hydrogens is 292 g/mol. The van der Waals surface area contributed by atoms with E-state index in [1.807, 2.05) is 0 Å². The largest absolute Gasteiger partial charge is 0.392 e. The standard InChI is InChI=1S/C13H18N4O3S/c18-10-12-2-4-13(5-3-12)11-21(19,20)15-6-1-8-17-9-7-14-16-17/h2-5,7,9,15,18H,1,6,8,10-11H2. The molecule has 2 aromatic rings. The minimum atomic E-state index is -3.35. The lowest BCUT2D eigenvalue weighted by molar-refractivity contribution is 0.282. The van der Waals surface area contributed by atoms with Gasteiger partial charge in [-0.2, -0.15) is 0 Å². The third kappa shape index (κ3) is 5.25. The number of hydrogen-bond acceptors (Lipinski definition) is 5. The zero-order valence-corrected chi connectivity index (χ0v) is 12.3. The third-order valence-electron chi connectivity index (χ3n) is 2.92. The summed E-state index contributed by atoms with van der Waals surface area (Å²) in [5.41, 5.74) is 1.45. The van der Waals surface area contributed by atoms with Gasteiger partial charge in [-0.05, 0) is 17.5 Å². The van der Waals surface area contributed by atoms with Crippen LogP contribution >= 0.6 is 0 Å². The molecule has 7 nitrogen and oxygen atoms in total. The van der Waals surface area contributed by atoms with Crippen LogP contribution in [0.15, 0.2) is 36.7 Å². The van der Waals surface area contributed by atoms with Gasteiger partial charge in [-0.1, -0.05) is 29.5 Å². The van der Waals surface area contributed by atoms with E-state index in [0.717, 1.165) is 5.56 Å². The molecule has 0 radical (unpaired) electrons. The second kappa shape index (κ2) is 7.30. The summed E-state index contributed by atoms with van der Waals surface area (Å²) in [6.45, 7) is 0.929. The average Bonchev–Trinajstić information content (AvgIpc) is 2.97. The highest BCUT2D eigenvalue weighted by molar-refractivity contribution is 7.88. The fourth-order valence-electron chi connectivity index (χ4n) is 1.83. The van der Waals surface area contributed by atoms with E-state index < -0.39 is 10.0 Å². The van der Waals surface area contributed by atoms with Crippen molar-refractivity contribution in [3.63, 3.8) is 0 Å². The zero-order valence-electron chi connectivity index (χ0n) is 11.5. The van der Waals surface area contributed by atoms with E-state index in [0.29, 0.717) is 25.1 Å². The molecule has 8 heteroatoms. The number of aromatic nitrogens is 3. The van der Waals surface area contributed by atoms with Crippen molar-refractivity contribution in [3.05, 3.63) is 47.8 Å². The minimum absolute atomic E-state index is 0.0481. The van der Waals surface area contributed by atoms with Gasteiger partial charge < -0.3 is 5.11 Å². The molecule has 1 aromatic heterocycles. The number of nitrogens with one attached hydrogen (secondary N) is 1. The Hall–Kier alpha value is -1.77. The van der Waals surface area contributed by atoms with E-state index in [-0.39, 0.29) is 12.4 Å². The van der Waals surface area contributed by atoms with Crippen LogP contribution in [0.3, 0.4) is 0 Å². The summed E-state index contributed by atoms with van der Waals surface area (Å²) in [4.78, 5) is 0. The highest BCUT2D eigenvalue weighted by Gasteiger charge is 2.10. The van der Waals surface area contributed by atoms with Crippen molar-refractivity contribution in [1.29, 1.82) is 0 Å². The quantitative estimate of drug-likeness (QED) is 0.683. The Balaban J connectivity index is 1.78. The van der Waals surface area contributed by atoms with Crippen LogP contribution in [0.5, 0.6) is 0 Å². The van der Waals surface area contributed by atoms with Gasteiger partial charge in [0, 0.05) is 19.3 Å². The molecule has 0 unspecified atom stereocenters. The lowest BCUT2D eigenvalue weighted by Gasteiger charge is -2.07. The summed E-state index contributed by atoms with van der Waals surface area (Å²) in [5.74, 6) is -0.0674. The van der Waals surface area contributed by atoms with Crippen molar-refractivity contribution in [1.82, 2.24) is 19.7 Å². The monoisotopic (exact) mass is 310 g/mol. The lowest BCUT2D eigenvalue weighted by atomic mass is 10.2. The minimum Gasteiger partial charge on any atom is -0.392 e. The van der Waals surface area contributed by atoms with Crippen LogP contribution in [0.2, 0.25) is 0 Å². The Morgan fingerprint density at radius 1 is 1.19 bits per heavy atom. The molecule has 0 atom stereocenters. The van der Waals surface area contributed by atoms with E-state index in [1.54, 1.807) is 41.3 Å². The molecule has 0 aliphatic rings. The van der Waals surface area contributed by atoms with Gasteiger partial charge in [0.25, 0.3) is 0 Å². The predicted molar refractivity (Wildman–Crippen MR) is 77.6 cm³/mol. The van der Waals surface area contributed by atoms with Crippen LogP contribution < -0.4 is 4.72 Å². The molecule has 0 amide bonds. The molecule has 1 heterocycles. The van der Waals surface area contributed by atoms with Crippen LogP contribution in [0.1, 0.15) is 17.5 Å². The predicted octanol–water partition coefficient (Wildman–Crippen LogP) is 0.280. The summed E-state index contributed by atoms with van der Waals surface area (Å²) in [5, 5.41) is 16.4. The number of benzene rings is 1. The van der Waals surface area contributed by atoms with Crippen LogP contribution in [0.4, 0.5) is 0 Å². The Kier molecular flexibility index (Phi) is 5.43. The second-order valence-electron chi connectivity index (χ2n) is 4.65. The van der Waals surface area contributed by atoms with Gasteiger partial charge in [0.05, 0.1) is 18.6 Å². The van der Waals surface area contributed by atoms with Crippen molar-refractivity contribution in [2.75, 3.05) is 6.54 Å². The Morgan fingerprint density at radius 2 is 1.90 bits per heavy atom. The third-order valence-corrected chi connectivity index (χ3v) is 4.28. The van der Waals surface area contributed by atoms with Crippen molar-refractivity contribution in [3.8, 4) is 0 Å². The van der Waals surface area contributed by atoms with Crippen LogP contribution in [0.25, 0.3) is 0 Å². The topological polar surface area (TPSA) is 97.1 Å². The molecule has 0 aliphatic carbocycles. The molecule has 21 heavy (non-hydrogen) atoms. The Morgan fingerprint density at radius 3 is 2.52 bits per heavy atom. The molecular formula is C13H18N4O3S. The fourth-order valence-corrected chi connectivity index (χ4v) is 3.02. The van der Waals surface area contributed by atoms with Crippen molar-refractivity contribution in [2.45, 2.75) is 25.3 Å². The van der Waals surface area contributed by atoms with Gasteiger partial charge in [-0.25, -0.2) is 13.1 Å². The number of nitrogens with zero attached hydrogens (tertiary/aromatic N) is 3. The number of aliphatic hydroxyl groups is 1. The van der Waals surface area contributed by atoms with Gasteiger partial charge in [-0.15, -0.1) is 5.10 Å². The van der Waals surface area contributed by atoms with Crippen LogP contribution in [-0.2, 0) is 28.9 Å². The van der Waals surface area contributed by atoms with E-state index in [1.165, 1.54) is 0 Å². The average molecular weight is 310 g/mol. The number of aliphatic hydroxyl groups excluding tert-OH is 1. The van der Waals surface area contributed by atoms with Crippen molar-refractivity contribution in [2.24, 2.45) is 0 Å². The molecule has 2 N–H and O–H groups in total. The summed E-state index contributed by atoms with van der Waals surface area (Å²) >= 11 is 0. The highest BCUT2D eigenvalue weighted by atomic mass is 32.2. The Bertz CT molecular complexity index is 639. The van der Waals surface area contributed by atoms with Crippen LogP contribution in [-0.4, -0.2) is 35.1 Å². The maximum Gasteiger partial charge on any atom is 0.215 e. The van der Waals surface area contributed by atoms with Crippen molar-refractivity contribution >= 4 is 10.0 Å². The molecule has 0 fully saturated rings. The maximum absolute atomic E-state index is 11.9. The zero-order chi connectivity index (χ0) is 15.1. The number of hydrogen-bond donors (Lipinski definition) is 2. The van der Waals surface area contributed by atoms with Gasteiger partial charge in [0.15, 0.2) is 0 Å². The smallest absolute Gasteiger partial charge is 0.215 e. The van der Waals surface area contributed by atoms with Gasteiger partial charge >= 0.3 is 0 Å². The van der Waals surface area contributed by atoms with Crippen molar-refractivity contribution < 1.29 is 13.5 Å². The number of aryl methyl sites for hydroxylation is 1. The summed E-state index contributed by atoms with van der Waals surface area (Å²) in [6, 6.07) is 6.85. The fraction of sp³-hybridized carbons (Fsp3) is 0.385. The molecule has 114 valence electrons. The molecule has 1 aromatic carbocycles. The molecule has 0 saturated carbocycles. The second-order valence-corrected chi connectivity index (χ2v) is 6.45. The summed E-state index contributed by atoms with van der Waals surface area (Å²) < 4.78 is 28.1. The first-order valence-corrected chi connectivity index (χ1v) is 8.24. The van der Waals surface area contributed by atoms with E-state index in [2.05, 4.69) is 15.0 Å².